The molecule has 0 amide bonds. The van der Waals surface area contributed by atoms with Crippen molar-refractivity contribution >= 4 is 27.0 Å². The number of nitrogen functional groups attached to an aromatic ring is 1. The largest absolute Gasteiger partial charge is 0.492 e. The second-order valence-electron chi connectivity index (χ2n) is 3.76. The van der Waals surface area contributed by atoms with Crippen LogP contribution < -0.4 is 15.2 Å². The summed E-state index contributed by atoms with van der Waals surface area (Å²) in [4.78, 5) is 0. The SMILES string of the molecule is Nc1csc(S(=O)(=O)NCCOc2ccccc2)c1. The maximum absolute atomic E-state index is 11.8. The van der Waals surface area contributed by atoms with E-state index in [1.165, 1.54) is 6.07 Å². The summed E-state index contributed by atoms with van der Waals surface area (Å²) >= 11 is 1.09. The zero-order chi connectivity index (χ0) is 13.7. The molecule has 2 rings (SSSR count). The molecule has 5 nitrogen and oxygen atoms in total. The fourth-order valence-corrected chi connectivity index (χ4v) is 3.54. The highest BCUT2D eigenvalue weighted by atomic mass is 32.2. The number of benzene rings is 1. The second-order valence-corrected chi connectivity index (χ2v) is 6.66. The Balaban J connectivity index is 1.83. The molecule has 0 aliphatic carbocycles. The summed E-state index contributed by atoms with van der Waals surface area (Å²) in [5.41, 5.74) is 5.95. The first-order chi connectivity index (χ1) is 9.08. The Kier molecular flexibility index (Phi) is 4.41. The van der Waals surface area contributed by atoms with E-state index in [9.17, 15) is 8.42 Å². The van der Waals surface area contributed by atoms with Gasteiger partial charge in [-0.1, -0.05) is 18.2 Å². The average Bonchev–Trinajstić information content (AvgIpc) is 2.84. The van der Waals surface area contributed by atoms with E-state index >= 15 is 0 Å². The molecule has 0 spiro atoms. The molecule has 0 aliphatic heterocycles. The predicted molar refractivity (Wildman–Crippen MR) is 75.9 cm³/mol. The molecule has 1 aromatic carbocycles. The third kappa shape index (κ3) is 3.95. The number of para-hydroxylation sites is 1. The second kappa shape index (κ2) is 6.05. The van der Waals surface area contributed by atoms with Crippen molar-refractivity contribution in [2.75, 3.05) is 18.9 Å². The molecular weight excluding hydrogens is 284 g/mol. The van der Waals surface area contributed by atoms with E-state index in [0.29, 0.717) is 11.4 Å². The van der Waals surface area contributed by atoms with E-state index in [4.69, 9.17) is 10.5 Å². The molecule has 0 saturated heterocycles. The molecule has 102 valence electrons. The number of hydrogen-bond donors (Lipinski definition) is 2. The van der Waals surface area contributed by atoms with Gasteiger partial charge in [0.25, 0.3) is 0 Å². The van der Waals surface area contributed by atoms with Gasteiger partial charge < -0.3 is 10.5 Å². The third-order valence-electron chi connectivity index (χ3n) is 2.27. The first-order valence-electron chi connectivity index (χ1n) is 5.59. The lowest BCUT2D eigenvalue weighted by atomic mass is 10.3. The van der Waals surface area contributed by atoms with Crippen molar-refractivity contribution in [3.8, 4) is 5.75 Å². The van der Waals surface area contributed by atoms with Crippen molar-refractivity contribution in [3.05, 3.63) is 41.8 Å². The zero-order valence-corrected chi connectivity index (χ0v) is 11.7. The van der Waals surface area contributed by atoms with Gasteiger partial charge in [0, 0.05) is 17.6 Å². The van der Waals surface area contributed by atoms with Gasteiger partial charge in [-0.15, -0.1) is 11.3 Å². The Morgan fingerprint density at radius 3 is 2.63 bits per heavy atom. The molecule has 0 fully saturated rings. The van der Waals surface area contributed by atoms with Crippen molar-refractivity contribution in [3.63, 3.8) is 0 Å². The van der Waals surface area contributed by atoms with Crippen LogP contribution in [0.25, 0.3) is 0 Å². The third-order valence-corrected chi connectivity index (χ3v) is 5.19. The predicted octanol–water partition coefficient (Wildman–Crippen LogP) is 1.69. The molecule has 3 N–H and O–H groups in total. The zero-order valence-electron chi connectivity index (χ0n) is 10.1. The van der Waals surface area contributed by atoms with Gasteiger partial charge in [-0.25, -0.2) is 13.1 Å². The van der Waals surface area contributed by atoms with Crippen LogP contribution in [-0.4, -0.2) is 21.6 Å². The van der Waals surface area contributed by atoms with E-state index in [1.807, 2.05) is 30.3 Å². The number of thiophene rings is 1. The maximum atomic E-state index is 11.8. The van der Waals surface area contributed by atoms with Gasteiger partial charge in [-0.2, -0.15) is 0 Å². The minimum atomic E-state index is -3.49. The summed E-state index contributed by atoms with van der Waals surface area (Å²) in [6, 6.07) is 10.7. The Bertz CT molecular complexity index is 623. The van der Waals surface area contributed by atoms with Crippen LogP contribution >= 0.6 is 11.3 Å². The molecule has 0 bridgehead atoms. The van der Waals surface area contributed by atoms with Crippen LogP contribution in [0.1, 0.15) is 0 Å². The number of hydrogen-bond acceptors (Lipinski definition) is 5. The smallest absolute Gasteiger partial charge is 0.250 e. The van der Waals surface area contributed by atoms with Gasteiger partial charge in [0.05, 0.1) is 0 Å². The van der Waals surface area contributed by atoms with Crippen molar-refractivity contribution in [2.45, 2.75) is 4.21 Å². The van der Waals surface area contributed by atoms with Crippen LogP contribution in [0, 0.1) is 0 Å². The molecule has 19 heavy (non-hydrogen) atoms. The summed E-state index contributed by atoms with van der Waals surface area (Å²) in [7, 11) is -3.49. The van der Waals surface area contributed by atoms with Gasteiger partial charge in [0.1, 0.15) is 16.6 Å². The standard InChI is InChI=1S/C12H14N2O3S2/c13-10-8-12(18-9-10)19(15,16)14-6-7-17-11-4-2-1-3-5-11/h1-5,8-9,14H,6-7,13H2. The van der Waals surface area contributed by atoms with Crippen LogP contribution in [0.2, 0.25) is 0 Å². The minimum Gasteiger partial charge on any atom is -0.492 e. The molecule has 0 atom stereocenters. The lowest BCUT2D eigenvalue weighted by Gasteiger charge is -2.07. The van der Waals surface area contributed by atoms with E-state index in [1.54, 1.807) is 5.38 Å². The van der Waals surface area contributed by atoms with Crippen LogP contribution in [0.15, 0.2) is 46.0 Å². The Morgan fingerprint density at radius 1 is 1.26 bits per heavy atom. The number of sulfonamides is 1. The quantitative estimate of drug-likeness (QED) is 0.795. The molecule has 7 heteroatoms. The van der Waals surface area contributed by atoms with E-state index in [-0.39, 0.29) is 17.4 Å². The Morgan fingerprint density at radius 2 is 2.00 bits per heavy atom. The van der Waals surface area contributed by atoms with Crippen molar-refractivity contribution in [1.82, 2.24) is 4.72 Å². The van der Waals surface area contributed by atoms with Gasteiger partial charge in [-0.05, 0) is 18.2 Å². The summed E-state index contributed by atoms with van der Waals surface area (Å²) in [5.74, 6) is 0.710. The molecule has 0 radical (unpaired) electrons. The highest BCUT2D eigenvalue weighted by Gasteiger charge is 2.15. The van der Waals surface area contributed by atoms with E-state index < -0.39 is 10.0 Å². The van der Waals surface area contributed by atoms with Gasteiger partial charge >= 0.3 is 0 Å². The number of anilines is 1. The monoisotopic (exact) mass is 298 g/mol. The van der Waals surface area contributed by atoms with Gasteiger partial charge in [-0.3, -0.25) is 0 Å². The molecule has 0 unspecified atom stereocenters. The lowest BCUT2D eigenvalue weighted by molar-refractivity contribution is 0.323. The van der Waals surface area contributed by atoms with Crippen molar-refractivity contribution < 1.29 is 13.2 Å². The number of ether oxygens (including phenoxy) is 1. The van der Waals surface area contributed by atoms with Gasteiger partial charge in [0.15, 0.2) is 0 Å². The van der Waals surface area contributed by atoms with E-state index in [0.717, 1.165) is 11.3 Å². The average molecular weight is 298 g/mol. The van der Waals surface area contributed by atoms with Crippen molar-refractivity contribution in [2.24, 2.45) is 0 Å². The van der Waals surface area contributed by atoms with E-state index in [2.05, 4.69) is 4.72 Å². The summed E-state index contributed by atoms with van der Waals surface area (Å²) < 4.78 is 31.8. The normalized spacial score (nSPS) is 11.4. The molecule has 0 aliphatic rings. The Hall–Kier alpha value is -1.57. The summed E-state index contributed by atoms with van der Waals surface area (Å²) in [6.07, 6.45) is 0. The van der Waals surface area contributed by atoms with Crippen molar-refractivity contribution in [1.29, 1.82) is 0 Å². The molecule has 2 aromatic rings. The summed E-state index contributed by atoms with van der Waals surface area (Å²) in [6.45, 7) is 0.471. The first kappa shape index (κ1) is 13.9. The minimum absolute atomic E-state index is 0.203. The number of nitrogens with two attached hydrogens (primary N) is 1. The van der Waals surface area contributed by atoms with Crippen LogP contribution in [0.3, 0.4) is 0 Å². The maximum Gasteiger partial charge on any atom is 0.250 e. The fourth-order valence-electron chi connectivity index (χ4n) is 1.40. The topological polar surface area (TPSA) is 81.4 Å². The number of nitrogens with one attached hydrogen (secondary N) is 1. The molecule has 0 saturated carbocycles. The van der Waals surface area contributed by atoms with Crippen LogP contribution in [0.4, 0.5) is 5.69 Å². The van der Waals surface area contributed by atoms with Crippen LogP contribution in [0.5, 0.6) is 5.75 Å². The Labute approximate surface area is 116 Å². The fraction of sp³-hybridized carbons (Fsp3) is 0.167. The lowest BCUT2D eigenvalue weighted by Crippen LogP contribution is -2.27. The molecular formula is C12H14N2O3S2. The summed E-state index contributed by atoms with van der Waals surface area (Å²) in [5, 5.41) is 1.59. The first-order valence-corrected chi connectivity index (χ1v) is 7.96. The highest BCUT2D eigenvalue weighted by molar-refractivity contribution is 7.91. The molecule has 1 aromatic heterocycles. The van der Waals surface area contributed by atoms with Gasteiger partial charge in [0.2, 0.25) is 10.0 Å². The molecule has 1 heterocycles. The highest BCUT2D eigenvalue weighted by Crippen LogP contribution is 2.21. The van der Waals surface area contributed by atoms with Crippen LogP contribution in [-0.2, 0) is 10.0 Å². The number of rotatable bonds is 6.